The molecule has 0 aliphatic heterocycles. The molecule has 2 heterocycles. The van der Waals surface area contributed by atoms with Crippen LogP contribution in [0.3, 0.4) is 0 Å². The Hall–Kier alpha value is -1.65. The number of hydrogen-bond acceptors (Lipinski definition) is 3. The van der Waals surface area contributed by atoms with E-state index in [-0.39, 0.29) is 5.28 Å². The van der Waals surface area contributed by atoms with Gasteiger partial charge in [-0.2, -0.15) is 4.98 Å². The predicted octanol–water partition coefficient (Wildman–Crippen LogP) is 3.12. The Labute approximate surface area is 107 Å². The van der Waals surface area contributed by atoms with Crippen molar-refractivity contribution in [1.82, 2.24) is 19.5 Å². The minimum absolute atomic E-state index is 0.184. The first-order valence-electron chi connectivity index (χ1n) is 4.85. The van der Waals surface area contributed by atoms with Gasteiger partial charge in [-0.05, 0) is 29.8 Å². The SMILES string of the molecule is Clc1ccc2c(-n3ccnc3)nc(Cl)nc2c1. The molecule has 0 bridgehead atoms. The summed E-state index contributed by atoms with van der Waals surface area (Å²) in [6.07, 6.45) is 5.14. The van der Waals surface area contributed by atoms with Crippen LogP contribution in [-0.2, 0) is 0 Å². The van der Waals surface area contributed by atoms with E-state index < -0.39 is 0 Å². The van der Waals surface area contributed by atoms with Crippen molar-refractivity contribution in [2.24, 2.45) is 0 Å². The van der Waals surface area contributed by atoms with Gasteiger partial charge < -0.3 is 0 Å². The average Bonchev–Trinajstić information content (AvgIpc) is 2.80. The number of aromatic nitrogens is 4. The molecule has 84 valence electrons. The van der Waals surface area contributed by atoms with Gasteiger partial charge in [0.1, 0.15) is 6.33 Å². The summed E-state index contributed by atoms with van der Waals surface area (Å²) in [5, 5.41) is 1.67. The molecule has 3 rings (SSSR count). The van der Waals surface area contributed by atoms with Crippen LogP contribution in [0, 0.1) is 0 Å². The standard InChI is InChI=1S/C11H6Cl2N4/c12-7-1-2-8-9(5-7)15-11(13)16-10(8)17-4-3-14-6-17/h1-6H. The second-order valence-corrected chi connectivity index (χ2v) is 4.22. The molecule has 0 aliphatic carbocycles. The lowest BCUT2D eigenvalue weighted by Crippen LogP contribution is -1.98. The van der Waals surface area contributed by atoms with Crippen molar-refractivity contribution < 1.29 is 0 Å². The maximum Gasteiger partial charge on any atom is 0.224 e. The van der Waals surface area contributed by atoms with E-state index in [1.54, 1.807) is 35.4 Å². The number of halogens is 2. The number of fused-ring (bicyclic) bond motifs is 1. The molecule has 17 heavy (non-hydrogen) atoms. The van der Waals surface area contributed by atoms with Crippen molar-refractivity contribution in [2.45, 2.75) is 0 Å². The molecule has 0 aliphatic rings. The predicted molar refractivity (Wildman–Crippen MR) is 66.7 cm³/mol. The molecule has 0 fully saturated rings. The summed E-state index contributed by atoms with van der Waals surface area (Å²) in [6.45, 7) is 0. The molecule has 6 heteroatoms. The normalized spacial score (nSPS) is 10.9. The Morgan fingerprint density at radius 3 is 2.76 bits per heavy atom. The average molecular weight is 265 g/mol. The van der Waals surface area contributed by atoms with Gasteiger partial charge in [0.2, 0.25) is 5.28 Å². The van der Waals surface area contributed by atoms with Crippen molar-refractivity contribution in [3.63, 3.8) is 0 Å². The zero-order valence-corrected chi connectivity index (χ0v) is 10.0. The van der Waals surface area contributed by atoms with Crippen LogP contribution in [0.1, 0.15) is 0 Å². The van der Waals surface area contributed by atoms with Gasteiger partial charge in [-0.15, -0.1) is 0 Å². The van der Waals surface area contributed by atoms with Gasteiger partial charge in [0.25, 0.3) is 0 Å². The summed E-state index contributed by atoms with van der Waals surface area (Å²) in [5.41, 5.74) is 0.709. The van der Waals surface area contributed by atoms with Crippen LogP contribution >= 0.6 is 23.2 Å². The molecule has 0 saturated carbocycles. The highest BCUT2D eigenvalue weighted by molar-refractivity contribution is 6.31. The second-order valence-electron chi connectivity index (χ2n) is 3.45. The van der Waals surface area contributed by atoms with E-state index in [1.807, 2.05) is 6.07 Å². The summed E-state index contributed by atoms with van der Waals surface area (Å²) in [7, 11) is 0. The summed E-state index contributed by atoms with van der Waals surface area (Å²) in [6, 6.07) is 5.41. The highest BCUT2D eigenvalue weighted by atomic mass is 35.5. The molecule has 4 nitrogen and oxygen atoms in total. The molecule has 0 atom stereocenters. The van der Waals surface area contributed by atoms with Crippen molar-refractivity contribution in [3.8, 4) is 5.82 Å². The van der Waals surface area contributed by atoms with Crippen molar-refractivity contribution in [3.05, 3.63) is 47.2 Å². The quantitative estimate of drug-likeness (QED) is 0.635. The third-order valence-corrected chi connectivity index (χ3v) is 2.76. The largest absolute Gasteiger partial charge is 0.290 e. The van der Waals surface area contributed by atoms with Crippen molar-refractivity contribution >= 4 is 34.1 Å². The minimum atomic E-state index is 0.184. The molecule has 0 amide bonds. The molecule has 0 saturated heterocycles. The number of hydrogen-bond donors (Lipinski definition) is 0. The Kier molecular flexibility index (Phi) is 2.46. The van der Waals surface area contributed by atoms with Gasteiger partial charge in [-0.1, -0.05) is 11.6 Å². The lowest BCUT2D eigenvalue weighted by molar-refractivity contribution is 0.993. The fourth-order valence-corrected chi connectivity index (χ4v) is 1.98. The van der Waals surface area contributed by atoms with Crippen LogP contribution < -0.4 is 0 Å². The number of nitrogens with zero attached hydrogens (tertiary/aromatic N) is 4. The first-order chi connectivity index (χ1) is 8.24. The Bertz CT molecular complexity index is 674. The van der Waals surface area contributed by atoms with Crippen LogP contribution in [0.4, 0.5) is 0 Å². The molecule has 0 unspecified atom stereocenters. The highest BCUT2D eigenvalue weighted by Crippen LogP contribution is 2.23. The van der Waals surface area contributed by atoms with Crippen molar-refractivity contribution in [1.29, 1.82) is 0 Å². The third-order valence-electron chi connectivity index (χ3n) is 2.36. The summed E-state index contributed by atoms with van der Waals surface area (Å²) >= 11 is 11.8. The monoisotopic (exact) mass is 264 g/mol. The molecule has 3 aromatic rings. The van der Waals surface area contributed by atoms with Gasteiger partial charge in [0.05, 0.1) is 5.52 Å². The Morgan fingerprint density at radius 2 is 2.00 bits per heavy atom. The maximum absolute atomic E-state index is 5.93. The van der Waals surface area contributed by atoms with Crippen LogP contribution in [0.15, 0.2) is 36.9 Å². The second kappa shape index (κ2) is 3.98. The van der Waals surface area contributed by atoms with Crippen LogP contribution in [0.5, 0.6) is 0 Å². The fraction of sp³-hybridized carbons (Fsp3) is 0. The molecule has 0 N–H and O–H groups in total. The van der Waals surface area contributed by atoms with E-state index in [2.05, 4.69) is 15.0 Å². The van der Waals surface area contributed by atoms with Crippen LogP contribution in [0.2, 0.25) is 10.3 Å². The zero-order valence-electron chi connectivity index (χ0n) is 8.51. The van der Waals surface area contributed by atoms with Crippen LogP contribution in [0.25, 0.3) is 16.7 Å². The number of rotatable bonds is 1. The lowest BCUT2D eigenvalue weighted by Gasteiger charge is -2.06. The molecule has 2 aromatic heterocycles. The Balaban J connectivity index is 2.38. The molecular weight excluding hydrogens is 259 g/mol. The summed E-state index contributed by atoms with van der Waals surface area (Å²) in [5.74, 6) is 0.689. The zero-order chi connectivity index (χ0) is 11.8. The van der Waals surface area contributed by atoms with Gasteiger partial charge in [0, 0.05) is 22.8 Å². The number of imidazole rings is 1. The van der Waals surface area contributed by atoms with Gasteiger partial charge in [-0.25, -0.2) is 9.97 Å². The van der Waals surface area contributed by atoms with Gasteiger partial charge in [0.15, 0.2) is 5.82 Å². The summed E-state index contributed by atoms with van der Waals surface area (Å²) in [4.78, 5) is 12.3. The smallest absolute Gasteiger partial charge is 0.224 e. The van der Waals surface area contributed by atoms with Crippen LogP contribution in [-0.4, -0.2) is 19.5 Å². The highest BCUT2D eigenvalue weighted by Gasteiger charge is 2.08. The molecular formula is C11H6Cl2N4. The topological polar surface area (TPSA) is 43.6 Å². The fourth-order valence-electron chi connectivity index (χ4n) is 1.64. The van der Waals surface area contributed by atoms with Gasteiger partial charge >= 0.3 is 0 Å². The minimum Gasteiger partial charge on any atom is -0.290 e. The maximum atomic E-state index is 5.93. The molecule has 0 spiro atoms. The van der Waals surface area contributed by atoms with E-state index in [4.69, 9.17) is 23.2 Å². The number of benzene rings is 1. The lowest BCUT2D eigenvalue weighted by atomic mass is 10.2. The third kappa shape index (κ3) is 1.85. The van der Waals surface area contributed by atoms with E-state index in [0.29, 0.717) is 16.4 Å². The molecule has 1 aromatic carbocycles. The van der Waals surface area contributed by atoms with Gasteiger partial charge in [-0.3, -0.25) is 4.57 Å². The first-order valence-corrected chi connectivity index (χ1v) is 5.61. The molecule has 0 radical (unpaired) electrons. The van der Waals surface area contributed by atoms with E-state index in [1.165, 1.54) is 0 Å². The van der Waals surface area contributed by atoms with E-state index in [9.17, 15) is 0 Å². The van der Waals surface area contributed by atoms with E-state index in [0.717, 1.165) is 5.39 Å². The van der Waals surface area contributed by atoms with Crippen molar-refractivity contribution in [2.75, 3.05) is 0 Å². The first kappa shape index (κ1) is 10.5. The van der Waals surface area contributed by atoms with E-state index >= 15 is 0 Å². The Morgan fingerprint density at radius 1 is 1.12 bits per heavy atom. The summed E-state index contributed by atoms with van der Waals surface area (Å²) < 4.78 is 1.78.